The SMILES string of the molecule is CCN(C)C(C(=O)N1CCC(N2CCNCC2)C1)c1ccccc1.Cl.Cl. The highest BCUT2D eigenvalue weighted by atomic mass is 35.5. The van der Waals surface area contributed by atoms with Gasteiger partial charge in [0.2, 0.25) is 5.91 Å². The van der Waals surface area contributed by atoms with Gasteiger partial charge in [-0.1, -0.05) is 37.3 Å². The van der Waals surface area contributed by atoms with Crippen LogP contribution in [0, 0.1) is 0 Å². The van der Waals surface area contributed by atoms with Gasteiger partial charge in [-0.3, -0.25) is 14.6 Å². The second-order valence-electron chi connectivity index (χ2n) is 6.90. The van der Waals surface area contributed by atoms with Crippen molar-refractivity contribution in [3.63, 3.8) is 0 Å². The molecule has 148 valence electrons. The molecule has 2 fully saturated rings. The van der Waals surface area contributed by atoms with Gasteiger partial charge in [0.25, 0.3) is 0 Å². The van der Waals surface area contributed by atoms with E-state index in [0.29, 0.717) is 6.04 Å². The Balaban J connectivity index is 0.00000169. The summed E-state index contributed by atoms with van der Waals surface area (Å²) in [5, 5.41) is 3.41. The predicted octanol–water partition coefficient (Wildman–Crippen LogP) is 2.03. The summed E-state index contributed by atoms with van der Waals surface area (Å²) in [5.74, 6) is 0.253. The van der Waals surface area contributed by atoms with Gasteiger partial charge >= 0.3 is 0 Å². The number of nitrogens with zero attached hydrogens (tertiary/aromatic N) is 3. The lowest BCUT2D eigenvalue weighted by molar-refractivity contribution is -0.135. The van der Waals surface area contributed by atoms with Gasteiger partial charge in [0.05, 0.1) is 0 Å². The van der Waals surface area contributed by atoms with Crippen molar-refractivity contribution >= 4 is 30.7 Å². The van der Waals surface area contributed by atoms with Crippen LogP contribution in [0.4, 0.5) is 0 Å². The molecule has 2 saturated heterocycles. The minimum absolute atomic E-state index is 0. The molecule has 1 aromatic carbocycles. The largest absolute Gasteiger partial charge is 0.339 e. The lowest BCUT2D eigenvalue weighted by atomic mass is 10.0. The molecule has 2 aliphatic heterocycles. The highest BCUT2D eigenvalue weighted by molar-refractivity contribution is 5.85. The summed E-state index contributed by atoms with van der Waals surface area (Å²) in [6.45, 7) is 9.06. The Hall–Kier alpha value is -0.850. The van der Waals surface area contributed by atoms with Crippen molar-refractivity contribution in [1.82, 2.24) is 20.0 Å². The lowest BCUT2D eigenvalue weighted by Crippen LogP contribution is -2.50. The van der Waals surface area contributed by atoms with Crippen molar-refractivity contribution < 1.29 is 4.79 Å². The number of nitrogens with one attached hydrogen (secondary N) is 1. The average molecular weight is 403 g/mol. The first-order chi connectivity index (χ1) is 11.7. The van der Waals surface area contributed by atoms with Crippen LogP contribution in [0.15, 0.2) is 30.3 Å². The number of likely N-dealkylation sites (tertiary alicyclic amines) is 1. The Morgan fingerprint density at radius 2 is 1.85 bits per heavy atom. The molecule has 0 bridgehead atoms. The molecule has 2 aliphatic rings. The molecule has 1 N–H and O–H groups in total. The molecule has 0 radical (unpaired) electrons. The van der Waals surface area contributed by atoms with Crippen LogP contribution >= 0.6 is 24.8 Å². The molecular formula is C19H32Cl2N4O. The Bertz CT molecular complexity index is 540. The van der Waals surface area contributed by atoms with Crippen LogP contribution in [0.5, 0.6) is 0 Å². The number of benzene rings is 1. The fraction of sp³-hybridized carbons (Fsp3) is 0.632. The quantitative estimate of drug-likeness (QED) is 0.817. The Morgan fingerprint density at radius 1 is 1.19 bits per heavy atom. The van der Waals surface area contributed by atoms with Gasteiger partial charge in [-0.05, 0) is 25.6 Å². The summed E-state index contributed by atoms with van der Waals surface area (Å²) in [4.78, 5) is 20.0. The van der Waals surface area contributed by atoms with Crippen LogP contribution in [-0.4, -0.2) is 79.5 Å². The fourth-order valence-corrected chi connectivity index (χ4v) is 3.86. The van der Waals surface area contributed by atoms with E-state index >= 15 is 0 Å². The smallest absolute Gasteiger partial charge is 0.244 e. The zero-order chi connectivity index (χ0) is 16.9. The molecule has 0 spiro atoms. The van der Waals surface area contributed by atoms with Crippen molar-refractivity contribution in [3.8, 4) is 0 Å². The topological polar surface area (TPSA) is 38.8 Å². The third-order valence-corrected chi connectivity index (χ3v) is 5.43. The minimum atomic E-state index is -0.169. The first-order valence-electron chi connectivity index (χ1n) is 9.19. The summed E-state index contributed by atoms with van der Waals surface area (Å²) < 4.78 is 0. The highest BCUT2D eigenvalue weighted by Gasteiger charge is 2.35. The minimum Gasteiger partial charge on any atom is -0.339 e. The van der Waals surface area contributed by atoms with Crippen LogP contribution < -0.4 is 5.32 Å². The maximum Gasteiger partial charge on any atom is 0.244 e. The summed E-state index contributed by atoms with van der Waals surface area (Å²) in [7, 11) is 2.04. The van der Waals surface area contributed by atoms with Gasteiger partial charge < -0.3 is 10.2 Å². The molecule has 0 aliphatic carbocycles. The van der Waals surface area contributed by atoms with Crippen LogP contribution in [0.1, 0.15) is 24.9 Å². The molecule has 2 atom stereocenters. The van der Waals surface area contributed by atoms with Crippen LogP contribution in [0.3, 0.4) is 0 Å². The Kier molecular flexibility index (Phi) is 9.90. The van der Waals surface area contributed by atoms with E-state index in [1.807, 2.05) is 25.2 Å². The van der Waals surface area contributed by atoms with Crippen LogP contribution in [0.2, 0.25) is 0 Å². The highest BCUT2D eigenvalue weighted by Crippen LogP contribution is 2.25. The van der Waals surface area contributed by atoms with E-state index in [2.05, 4.69) is 39.1 Å². The molecule has 2 heterocycles. The van der Waals surface area contributed by atoms with E-state index in [-0.39, 0.29) is 36.8 Å². The number of hydrogen-bond acceptors (Lipinski definition) is 4. The number of hydrogen-bond donors (Lipinski definition) is 1. The third kappa shape index (κ3) is 5.33. The van der Waals surface area contributed by atoms with Gasteiger partial charge in [-0.25, -0.2) is 0 Å². The lowest BCUT2D eigenvalue weighted by Gasteiger charge is -2.33. The number of likely N-dealkylation sites (N-methyl/N-ethyl adjacent to an activating group) is 1. The summed E-state index contributed by atoms with van der Waals surface area (Å²) in [6, 6.07) is 10.5. The molecule has 0 saturated carbocycles. The van der Waals surface area contributed by atoms with Crippen LogP contribution in [0.25, 0.3) is 0 Å². The number of piperazine rings is 1. The summed E-state index contributed by atoms with van der Waals surface area (Å²) in [6.07, 6.45) is 1.10. The van der Waals surface area contributed by atoms with Gasteiger partial charge in [0.1, 0.15) is 6.04 Å². The van der Waals surface area contributed by atoms with Gasteiger partial charge in [0, 0.05) is 45.3 Å². The number of carbonyl (C=O) groups excluding carboxylic acids is 1. The van der Waals surface area contributed by atoms with Crippen molar-refractivity contribution in [2.75, 3.05) is 52.9 Å². The van der Waals surface area contributed by atoms with E-state index in [9.17, 15) is 4.79 Å². The summed E-state index contributed by atoms with van der Waals surface area (Å²) in [5.41, 5.74) is 1.09. The van der Waals surface area contributed by atoms with E-state index < -0.39 is 0 Å². The Morgan fingerprint density at radius 3 is 2.46 bits per heavy atom. The molecule has 7 heteroatoms. The van der Waals surface area contributed by atoms with Gasteiger partial charge in [0.15, 0.2) is 0 Å². The molecule has 0 aromatic heterocycles. The first kappa shape index (κ1) is 23.2. The molecule has 26 heavy (non-hydrogen) atoms. The molecule has 1 amide bonds. The molecular weight excluding hydrogens is 371 g/mol. The third-order valence-electron chi connectivity index (χ3n) is 5.43. The van der Waals surface area contributed by atoms with Gasteiger partial charge in [-0.15, -0.1) is 24.8 Å². The van der Waals surface area contributed by atoms with Crippen molar-refractivity contribution in [3.05, 3.63) is 35.9 Å². The monoisotopic (exact) mass is 402 g/mol. The maximum atomic E-state index is 13.2. The number of rotatable bonds is 5. The second kappa shape index (κ2) is 11.1. The molecule has 5 nitrogen and oxygen atoms in total. The van der Waals surface area contributed by atoms with Gasteiger partial charge in [-0.2, -0.15) is 0 Å². The van der Waals surface area contributed by atoms with E-state index in [4.69, 9.17) is 0 Å². The van der Waals surface area contributed by atoms with E-state index in [1.165, 1.54) is 0 Å². The standard InChI is InChI=1S/C19H30N4O.2ClH/c1-3-21(2)18(16-7-5-4-6-8-16)19(24)23-12-9-17(15-23)22-13-10-20-11-14-22;;/h4-8,17-18,20H,3,9-15H2,1-2H3;2*1H. The van der Waals surface area contributed by atoms with Crippen molar-refractivity contribution in [2.24, 2.45) is 0 Å². The van der Waals surface area contributed by atoms with Crippen molar-refractivity contribution in [1.29, 1.82) is 0 Å². The number of carbonyl (C=O) groups is 1. The van der Waals surface area contributed by atoms with Crippen molar-refractivity contribution in [2.45, 2.75) is 25.4 Å². The molecule has 2 unspecified atom stereocenters. The van der Waals surface area contributed by atoms with E-state index in [0.717, 1.165) is 57.8 Å². The number of halogens is 2. The predicted molar refractivity (Wildman–Crippen MR) is 111 cm³/mol. The second-order valence-corrected chi connectivity index (χ2v) is 6.90. The summed E-state index contributed by atoms with van der Waals surface area (Å²) >= 11 is 0. The average Bonchev–Trinajstić information content (AvgIpc) is 3.13. The zero-order valence-corrected chi connectivity index (χ0v) is 17.4. The number of amides is 1. The van der Waals surface area contributed by atoms with Crippen LogP contribution in [-0.2, 0) is 4.79 Å². The molecule has 1 aromatic rings. The van der Waals surface area contributed by atoms with E-state index in [1.54, 1.807) is 0 Å². The normalized spacial score (nSPS) is 21.8. The fourth-order valence-electron chi connectivity index (χ4n) is 3.86. The molecule has 3 rings (SSSR count). The zero-order valence-electron chi connectivity index (χ0n) is 15.8. The maximum absolute atomic E-state index is 13.2. The first-order valence-corrected chi connectivity index (χ1v) is 9.19. The Labute approximate surface area is 169 Å².